The molecule has 2 aliphatic rings. The number of thiophene rings is 1. The summed E-state index contributed by atoms with van der Waals surface area (Å²) in [4.78, 5) is 15.5. The number of tetrazole rings is 1. The molecule has 0 aliphatic heterocycles. The van der Waals surface area contributed by atoms with E-state index in [0.717, 1.165) is 42.3 Å². The Kier molecular flexibility index (Phi) is 2.68. The summed E-state index contributed by atoms with van der Waals surface area (Å²) in [6.45, 7) is 0. The fraction of sp³-hybridized carbons (Fsp3) is 0.600. The topological polar surface area (TPSA) is 65.1 Å². The zero-order valence-electron chi connectivity index (χ0n) is 12.3. The van der Waals surface area contributed by atoms with Gasteiger partial charge in [0.2, 0.25) is 0 Å². The SMILES string of the molecule is O=c1c2c3c(sc2n2nnnc2n1C1CCCCC1)CCC3. The van der Waals surface area contributed by atoms with Crippen LogP contribution in [0.15, 0.2) is 4.79 Å². The summed E-state index contributed by atoms with van der Waals surface area (Å²) >= 11 is 1.70. The summed E-state index contributed by atoms with van der Waals surface area (Å²) in [5.74, 6) is 0.615. The number of hydrogen-bond acceptors (Lipinski definition) is 5. The summed E-state index contributed by atoms with van der Waals surface area (Å²) in [7, 11) is 0. The lowest BCUT2D eigenvalue weighted by molar-refractivity contribution is 0.351. The van der Waals surface area contributed by atoms with Crippen LogP contribution in [0.1, 0.15) is 55.0 Å². The molecule has 0 N–H and O–H groups in total. The summed E-state index contributed by atoms with van der Waals surface area (Å²) < 4.78 is 3.67. The molecule has 0 saturated heterocycles. The highest BCUT2D eigenvalue weighted by atomic mass is 32.1. The van der Waals surface area contributed by atoms with Crippen molar-refractivity contribution in [2.75, 3.05) is 0 Å². The van der Waals surface area contributed by atoms with Crippen LogP contribution < -0.4 is 5.56 Å². The maximum atomic E-state index is 13.2. The third-order valence-electron chi connectivity index (χ3n) is 5.14. The third-order valence-corrected chi connectivity index (χ3v) is 6.40. The standard InChI is InChI=1S/C15H17N5OS/c21-13-12-10-7-4-8-11(10)22-14(12)20-15(16-17-18-20)19(13)9-5-2-1-3-6-9/h9H,1-8H2. The Morgan fingerprint density at radius 2 is 1.95 bits per heavy atom. The molecule has 114 valence electrons. The van der Waals surface area contributed by atoms with E-state index in [1.807, 2.05) is 4.57 Å². The first-order chi connectivity index (χ1) is 10.8. The molecule has 0 unspecified atom stereocenters. The van der Waals surface area contributed by atoms with Gasteiger partial charge in [-0.3, -0.25) is 9.36 Å². The van der Waals surface area contributed by atoms with Crippen molar-refractivity contribution in [3.63, 3.8) is 0 Å². The second kappa shape index (κ2) is 4.62. The second-order valence-corrected chi connectivity index (χ2v) is 7.48. The number of aryl methyl sites for hydroxylation is 2. The molecule has 3 heterocycles. The van der Waals surface area contributed by atoms with E-state index in [0.29, 0.717) is 5.78 Å². The van der Waals surface area contributed by atoms with Gasteiger partial charge >= 0.3 is 0 Å². The Bertz CT molecular complexity index is 931. The van der Waals surface area contributed by atoms with Crippen LogP contribution in [0.4, 0.5) is 0 Å². The highest BCUT2D eigenvalue weighted by Gasteiger charge is 2.27. The van der Waals surface area contributed by atoms with Crippen LogP contribution in [0.25, 0.3) is 16.0 Å². The van der Waals surface area contributed by atoms with E-state index in [-0.39, 0.29) is 11.6 Å². The average Bonchev–Trinajstić information content (AvgIpc) is 3.22. The minimum atomic E-state index is 0.128. The fourth-order valence-electron chi connectivity index (χ4n) is 4.10. The summed E-state index contributed by atoms with van der Waals surface area (Å²) in [6.07, 6.45) is 9.01. The first-order valence-corrected chi connectivity index (χ1v) is 8.93. The largest absolute Gasteiger partial charge is 0.272 e. The van der Waals surface area contributed by atoms with Gasteiger partial charge in [0.1, 0.15) is 4.83 Å². The van der Waals surface area contributed by atoms with Crippen molar-refractivity contribution in [2.24, 2.45) is 0 Å². The smallest absolute Gasteiger partial charge is 0.264 e. The van der Waals surface area contributed by atoms with Crippen molar-refractivity contribution in [1.29, 1.82) is 0 Å². The van der Waals surface area contributed by atoms with Crippen molar-refractivity contribution >= 4 is 27.3 Å². The molecule has 5 rings (SSSR count). The van der Waals surface area contributed by atoms with Crippen LogP contribution in [0, 0.1) is 0 Å². The molecule has 6 nitrogen and oxygen atoms in total. The van der Waals surface area contributed by atoms with Gasteiger partial charge in [-0.2, -0.15) is 4.52 Å². The molecule has 1 fully saturated rings. The molecule has 7 heteroatoms. The lowest BCUT2D eigenvalue weighted by Gasteiger charge is -2.24. The molecule has 0 spiro atoms. The predicted molar refractivity (Wildman–Crippen MR) is 84.6 cm³/mol. The van der Waals surface area contributed by atoms with E-state index < -0.39 is 0 Å². The molecule has 22 heavy (non-hydrogen) atoms. The summed E-state index contributed by atoms with van der Waals surface area (Å²) in [5.41, 5.74) is 1.38. The van der Waals surface area contributed by atoms with Gasteiger partial charge in [0.25, 0.3) is 11.3 Å². The van der Waals surface area contributed by atoms with E-state index >= 15 is 0 Å². The van der Waals surface area contributed by atoms with Gasteiger partial charge in [-0.25, -0.2) is 0 Å². The molecule has 0 atom stereocenters. The molecule has 3 aromatic rings. The quantitative estimate of drug-likeness (QED) is 0.692. The summed E-state index contributed by atoms with van der Waals surface area (Å²) in [5, 5.41) is 13.0. The Morgan fingerprint density at radius 1 is 1.09 bits per heavy atom. The van der Waals surface area contributed by atoms with Crippen molar-refractivity contribution in [2.45, 2.75) is 57.4 Å². The zero-order chi connectivity index (χ0) is 14.7. The lowest BCUT2D eigenvalue weighted by atomic mass is 9.95. The van der Waals surface area contributed by atoms with E-state index in [2.05, 4.69) is 15.5 Å². The van der Waals surface area contributed by atoms with Crippen LogP contribution >= 0.6 is 11.3 Å². The molecule has 2 aliphatic carbocycles. The molecule has 1 saturated carbocycles. The minimum Gasteiger partial charge on any atom is -0.272 e. The maximum absolute atomic E-state index is 13.2. The lowest BCUT2D eigenvalue weighted by Crippen LogP contribution is -2.28. The Balaban J connectivity index is 1.89. The van der Waals surface area contributed by atoms with Crippen molar-refractivity contribution in [3.8, 4) is 0 Å². The average molecular weight is 315 g/mol. The molecule has 0 radical (unpaired) electrons. The maximum Gasteiger partial charge on any atom is 0.264 e. The van der Waals surface area contributed by atoms with Gasteiger partial charge in [-0.05, 0) is 48.1 Å². The van der Waals surface area contributed by atoms with Crippen LogP contribution in [-0.2, 0) is 12.8 Å². The molecule has 3 aromatic heterocycles. The van der Waals surface area contributed by atoms with Gasteiger partial charge in [0.15, 0.2) is 0 Å². The monoisotopic (exact) mass is 315 g/mol. The first kappa shape index (κ1) is 12.8. The molecular weight excluding hydrogens is 298 g/mol. The van der Waals surface area contributed by atoms with E-state index in [4.69, 9.17) is 0 Å². The third kappa shape index (κ3) is 1.60. The minimum absolute atomic E-state index is 0.128. The molecule has 0 bridgehead atoms. The summed E-state index contributed by atoms with van der Waals surface area (Å²) in [6, 6.07) is 0.246. The predicted octanol–water partition coefficient (Wildman–Crippen LogP) is 2.49. The second-order valence-electron chi connectivity index (χ2n) is 6.40. The Hall–Kier alpha value is -1.76. The van der Waals surface area contributed by atoms with Gasteiger partial charge in [0, 0.05) is 10.9 Å². The van der Waals surface area contributed by atoms with Crippen molar-refractivity contribution in [1.82, 2.24) is 24.6 Å². The fourth-order valence-corrected chi connectivity index (χ4v) is 5.43. The van der Waals surface area contributed by atoms with E-state index in [9.17, 15) is 4.79 Å². The zero-order valence-corrected chi connectivity index (χ0v) is 13.1. The number of nitrogens with zero attached hydrogens (tertiary/aromatic N) is 5. The molecule has 0 amide bonds. The van der Waals surface area contributed by atoms with E-state index in [1.165, 1.54) is 29.7 Å². The van der Waals surface area contributed by atoms with Gasteiger partial charge < -0.3 is 0 Å². The van der Waals surface area contributed by atoms with Crippen LogP contribution in [0.5, 0.6) is 0 Å². The van der Waals surface area contributed by atoms with Crippen molar-refractivity contribution in [3.05, 3.63) is 20.8 Å². The van der Waals surface area contributed by atoms with Crippen LogP contribution in [-0.4, -0.2) is 24.6 Å². The number of hydrogen-bond donors (Lipinski definition) is 0. The van der Waals surface area contributed by atoms with Crippen LogP contribution in [0.3, 0.4) is 0 Å². The van der Waals surface area contributed by atoms with Crippen LogP contribution in [0.2, 0.25) is 0 Å². The van der Waals surface area contributed by atoms with Gasteiger partial charge in [-0.1, -0.05) is 24.4 Å². The van der Waals surface area contributed by atoms with Crippen molar-refractivity contribution < 1.29 is 0 Å². The normalized spacial score (nSPS) is 19.3. The highest BCUT2D eigenvalue weighted by molar-refractivity contribution is 7.18. The van der Waals surface area contributed by atoms with E-state index in [1.54, 1.807) is 15.9 Å². The van der Waals surface area contributed by atoms with Gasteiger partial charge in [-0.15, -0.1) is 11.3 Å². The number of rotatable bonds is 1. The highest BCUT2D eigenvalue weighted by Crippen LogP contribution is 2.36. The Labute approximate surface area is 130 Å². The number of fused-ring (bicyclic) bond motifs is 5. The van der Waals surface area contributed by atoms with Gasteiger partial charge in [0.05, 0.1) is 5.39 Å². The first-order valence-electron chi connectivity index (χ1n) is 8.11. The Morgan fingerprint density at radius 3 is 2.82 bits per heavy atom. The number of aromatic nitrogens is 5. The molecular formula is C15H17N5OS. The molecule has 0 aromatic carbocycles.